The van der Waals surface area contributed by atoms with Gasteiger partial charge in [0.25, 0.3) is 0 Å². The van der Waals surface area contributed by atoms with Crippen molar-refractivity contribution in [2.75, 3.05) is 0 Å². The molecule has 0 saturated heterocycles. The second-order valence-electron chi connectivity index (χ2n) is 8.33. The van der Waals surface area contributed by atoms with Crippen molar-refractivity contribution in [1.29, 1.82) is 0 Å². The zero-order chi connectivity index (χ0) is 25.7. The fraction of sp³-hybridized carbons (Fsp3) is 0.138. The van der Waals surface area contributed by atoms with Crippen molar-refractivity contribution in [2.24, 2.45) is 0 Å². The molecule has 1 heterocycles. The van der Waals surface area contributed by atoms with E-state index in [1.165, 1.54) is 18.3 Å². The highest BCUT2D eigenvalue weighted by Gasteiger charge is 2.33. The number of carbonyl (C=O) groups excluding carboxylic acids is 2. The Balaban J connectivity index is 1.57. The highest BCUT2D eigenvalue weighted by molar-refractivity contribution is 6.04. The first-order valence-electron chi connectivity index (χ1n) is 11.2. The van der Waals surface area contributed by atoms with E-state index >= 15 is 0 Å². The van der Waals surface area contributed by atoms with Crippen LogP contribution in [0.1, 0.15) is 37.5 Å². The number of alkyl halides is 3. The van der Waals surface area contributed by atoms with E-state index in [0.717, 1.165) is 22.8 Å². The van der Waals surface area contributed by atoms with Crippen molar-refractivity contribution in [2.45, 2.75) is 26.1 Å². The molecule has 0 atom stereocenters. The van der Waals surface area contributed by atoms with Crippen LogP contribution < -0.4 is 4.74 Å². The largest absolute Gasteiger partial charge is 0.573 e. The first kappa shape index (κ1) is 24.9. The van der Waals surface area contributed by atoms with Crippen molar-refractivity contribution in [3.8, 4) is 16.9 Å². The van der Waals surface area contributed by atoms with Crippen LogP contribution in [0.25, 0.3) is 11.1 Å². The highest BCUT2D eigenvalue weighted by Crippen LogP contribution is 2.29. The molecule has 0 unspecified atom stereocenters. The fourth-order valence-corrected chi connectivity index (χ4v) is 3.86. The van der Waals surface area contributed by atoms with Gasteiger partial charge in [-0.25, -0.2) is 0 Å². The minimum Gasteiger partial charge on any atom is -0.405 e. The summed E-state index contributed by atoms with van der Waals surface area (Å²) in [5.74, 6) is -1.56. The van der Waals surface area contributed by atoms with Crippen molar-refractivity contribution in [1.82, 2.24) is 4.98 Å². The lowest BCUT2D eigenvalue weighted by molar-refractivity contribution is -0.274. The molecule has 4 nitrogen and oxygen atoms in total. The van der Waals surface area contributed by atoms with Crippen LogP contribution >= 0.6 is 0 Å². The lowest BCUT2D eigenvalue weighted by Crippen LogP contribution is -2.20. The lowest BCUT2D eigenvalue weighted by atomic mass is 9.96. The normalized spacial score (nSPS) is 11.2. The van der Waals surface area contributed by atoms with Crippen molar-refractivity contribution >= 4 is 11.6 Å². The second-order valence-corrected chi connectivity index (χ2v) is 8.33. The first-order chi connectivity index (χ1) is 17.2. The van der Waals surface area contributed by atoms with Crippen LogP contribution in [0.5, 0.6) is 5.75 Å². The van der Waals surface area contributed by atoms with E-state index in [1.807, 2.05) is 54.6 Å². The van der Waals surface area contributed by atoms with E-state index in [4.69, 9.17) is 0 Å². The smallest absolute Gasteiger partial charge is 0.405 e. The first-order valence-corrected chi connectivity index (χ1v) is 11.2. The zero-order valence-corrected chi connectivity index (χ0v) is 19.4. The van der Waals surface area contributed by atoms with E-state index in [9.17, 15) is 22.8 Å². The van der Waals surface area contributed by atoms with Crippen LogP contribution in [0.4, 0.5) is 13.2 Å². The van der Waals surface area contributed by atoms with Gasteiger partial charge in [-0.05, 0) is 59.5 Å². The molecular formula is C29H22F3NO3. The number of rotatable bonds is 8. The number of benzene rings is 3. The number of ketones is 2. The molecule has 0 aliphatic heterocycles. The summed E-state index contributed by atoms with van der Waals surface area (Å²) in [6, 6.07) is 24.0. The Morgan fingerprint density at radius 2 is 1.44 bits per heavy atom. The Labute approximate surface area is 206 Å². The van der Waals surface area contributed by atoms with E-state index in [-0.39, 0.29) is 29.8 Å². The molecule has 182 valence electrons. The van der Waals surface area contributed by atoms with Gasteiger partial charge in [0, 0.05) is 30.3 Å². The summed E-state index contributed by atoms with van der Waals surface area (Å²) in [5.41, 5.74) is 3.89. The summed E-state index contributed by atoms with van der Waals surface area (Å²) < 4.78 is 43.0. The minimum atomic E-state index is -4.98. The number of aromatic nitrogens is 1. The number of hydrogen-bond donors (Lipinski definition) is 0. The van der Waals surface area contributed by atoms with Crippen molar-refractivity contribution in [3.63, 3.8) is 0 Å². The van der Waals surface area contributed by atoms with Crippen LogP contribution in [0, 0.1) is 6.92 Å². The summed E-state index contributed by atoms with van der Waals surface area (Å²) in [6.07, 6.45) is -3.58. The lowest BCUT2D eigenvalue weighted by Gasteiger charge is -2.14. The molecule has 0 aliphatic carbocycles. The van der Waals surface area contributed by atoms with E-state index < -0.39 is 17.9 Å². The third-order valence-electron chi connectivity index (χ3n) is 5.58. The topological polar surface area (TPSA) is 56.3 Å². The van der Waals surface area contributed by atoms with Gasteiger partial charge in [-0.15, -0.1) is 13.2 Å². The molecule has 0 N–H and O–H groups in total. The summed E-state index contributed by atoms with van der Waals surface area (Å²) >= 11 is 0. The quantitative estimate of drug-likeness (QED) is 0.255. The van der Waals surface area contributed by atoms with Gasteiger partial charge in [-0.1, -0.05) is 54.6 Å². The van der Waals surface area contributed by atoms with E-state index in [0.29, 0.717) is 11.3 Å². The minimum absolute atomic E-state index is 0.0335. The predicted molar refractivity (Wildman–Crippen MR) is 130 cm³/mol. The maximum absolute atomic E-state index is 13.0. The Kier molecular flexibility index (Phi) is 7.29. The monoisotopic (exact) mass is 489 g/mol. The van der Waals surface area contributed by atoms with Crippen molar-refractivity contribution < 1.29 is 27.5 Å². The molecule has 0 fully saturated rings. The number of carbonyl (C=O) groups is 2. The fourth-order valence-electron chi connectivity index (χ4n) is 3.86. The summed E-state index contributed by atoms with van der Waals surface area (Å²) in [7, 11) is 0. The van der Waals surface area contributed by atoms with Crippen LogP contribution in [0.3, 0.4) is 0 Å². The average molecular weight is 489 g/mol. The molecule has 36 heavy (non-hydrogen) atoms. The Bertz CT molecular complexity index is 1380. The van der Waals surface area contributed by atoms with E-state index in [2.05, 4.69) is 9.72 Å². The highest BCUT2D eigenvalue weighted by atomic mass is 19.4. The van der Waals surface area contributed by atoms with Gasteiger partial charge in [0.1, 0.15) is 5.75 Å². The molecule has 0 radical (unpaired) electrons. The molecule has 0 amide bonds. The van der Waals surface area contributed by atoms with Crippen LogP contribution in [-0.4, -0.2) is 22.9 Å². The number of hydrogen-bond acceptors (Lipinski definition) is 4. The average Bonchev–Trinajstić information content (AvgIpc) is 2.84. The summed E-state index contributed by atoms with van der Waals surface area (Å²) in [4.78, 5) is 30.0. The second kappa shape index (κ2) is 10.6. The van der Waals surface area contributed by atoms with Gasteiger partial charge in [0.05, 0.1) is 5.56 Å². The number of Topliss-reactive ketones (excluding diaryl/α,β-unsaturated/α-hetero) is 2. The number of nitrogens with zero attached hydrogens (tertiary/aromatic N) is 1. The van der Waals surface area contributed by atoms with Gasteiger partial charge in [-0.2, -0.15) is 0 Å². The molecule has 1 aromatic heterocycles. The summed E-state index contributed by atoms with van der Waals surface area (Å²) in [5, 5.41) is 0. The van der Waals surface area contributed by atoms with Gasteiger partial charge >= 0.3 is 6.36 Å². The molecule has 3 aromatic carbocycles. The number of pyridine rings is 1. The molecule has 4 aromatic rings. The number of ether oxygens (including phenoxy) is 1. The van der Waals surface area contributed by atoms with Gasteiger partial charge in [-0.3, -0.25) is 14.6 Å². The molecule has 0 bridgehead atoms. The molecule has 4 rings (SSSR count). The zero-order valence-electron chi connectivity index (χ0n) is 19.4. The van der Waals surface area contributed by atoms with Gasteiger partial charge in [0.15, 0.2) is 11.6 Å². The van der Waals surface area contributed by atoms with Crippen molar-refractivity contribution in [3.05, 3.63) is 119 Å². The Hall–Kier alpha value is -4.26. The third kappa shape index (κ3) is 6.44. The summed E-state index contributed by atoms with van der Waals surface area (Å²) in [6.45, 7) is 1.75. The van der Waals surface area contributed by atoms with E-state index in [1.54, 1.807) is 19.1 Å². The molecule has 0 spiro atoms. The predicted octanol–water partition coefficient (Wildman–Crippen LogP) is 6.81. The number of halogens is 3. The molecule has 0 saturated carbocycles. The standard InChI is InChI=1S/C29H22F3NO3/c1-19-15-21(13-14-33-19)17-27(35)25-18-24(11-12-28(25)36-29(30,31)32)26(34)16-20-7-9-23(10-8-20)22-5-3-2-4-6-22/h2-15,18H,16-17H2,1H3. The van der Waals surface area contributed by atoms with Gasteiger partial charge < -0.3 is 4.74 Å². The molecule has 7 heteroatoms. The van der Waals surface area contributed by atoms with Crippen LogP contribution in [0.2, 0.25) is 0 Å². The van der Waals surface area contributed by atoms with Crippen LogP contribution in [0.15, 0.2) is 91.1 Å². The SMILES string of the molecule is Cc1cc(CC(=O)c2cc(C(=O)Cc3ccc(-c4ccccc4)cc3)ccc2OC(F)(F)F)ccn1. The maximum Gasteiger partial charge on any atom is 0.573 e. The molecular weight excluding hydrogens is 467 g/mol. The molecule has 0 aliphatic rings. The van der Waals surface area contributed by atoms with Crippen LogP contribution in [-0.2, 0) is 12.8 Å². The van der Waals surface area contributed by atoms with Gasteiger partial charge in [0.2, 0.25) is 0 Å². The Morgan fingerprint density at radius 3 is 2.11 bits per heavy atom. The Morgan fingerprint density at radius 1 is 0.778 bits per heavy atom. The number of aryl methyl sites for hydroxylation is 1. The third-order valence-corrected chi connectivity index (χ3v) is 5.58. The maximum atomic E-state index is 13.0.